The lowest BCUT2D eigenvalue weighted by molar-refractivity contribution is -0.0618. The number of phenolic OH excluding ortho intramolecular Hbond substituents is 1. The zero-order valence-electron chi connectivity index (χ0n) is 21.7. The average Bonchev–Trinajstić information content (AvgIpc) is 3.13. The molecule has 4 nitrogen and oxygen atoms in total. The van der Waals surface area contributed by atoms with Crippen molar-refractivity contribution in [3.05, 3.63) is 29.3 Å². The summed E-state index contributed by atoms with van der Waals surface area (Å²) in [5, 5.41) is 9.96. The van der Waals surface area contributed by atoms with Crippen LogP contribution in [0.4, 0.5) is 4.79 Å². The number of carbonyl (C=O) groups is 1. The van der Waals surface area contributed by atoms with E-state index in [2.05, 4.69) is 26.8 Å². The summed E-state index contributed by atoms with van der Waals surface area (Å²) in [4.78, 5) is 12.5. The van der Waals surface area contributed by atoms with Gasteiger partial charge in [0.1, 0.15) is 11.9 Å². The van der Waals surface area contributed by atoms with Crippen molar-refractivity contribution in [1.82, 2.24) is 0 Å². The molecule has 0 heterocycles. The molecule has 0 spiro atoms. The van der Waals surface area contributed by atoms with Gasteiger partial charge in [-0.3, -0.25) is 0 Å². The predicted octanol–water partition coefficient (Wildman–Crippen LogP) is 8.16. The third-order valence-electron chi connectivity index (χ3n) is 9.43. The summed E-state index contributed by atoms with van der Waals surface area (Å²) in [6, 6.07) is 5.98. The first-order chi connectivity index (χ1) is 16.4. The van der Waals surface area contributed by atoms with E-state index in [0.717, 1.165) is 44.9 Å². The molecule has 190 valence electrons. The molecular weight excluding hydrogens is 424 g/mol. The number of phenols is 1. The van der Waals surface area contributed by atoms with Gasteiger partial charge in [-0.05, 0) is 85.5 Å². The van der Waals surface area contributed by atoms with Crippen LogP contribution in [0.2, 0.25) is 0 Å². The summed E-state index contributed by atoms with van der Waals surface area (Å²) >= 11 is 0. The molecule has 1 aromatic carbocycles. The monoisotopic (exact) mass is 470 g/mol. The van der Waals surface area contributed by atoms with Crippen molar-refractivity contribution in [3.63, 3.8) is 0 Å². The van der Waals surface area contributed by atoms with E-state index < -0.39 is 6.16 Å². The van der Waals surface area contributed by atoms with Crippen molar-refractivity contribution >= 4 is 6.16 Å². The lowest BCUT2D eigenvalue weighted by Gasteiger charge is -2.52. The lowest BCUT2D eigenvalue weighted by Crippen LogP contribution is -2.47. The Hall–Kier alpha value is -1.71. The Morgan fingerprint density at radius 3 is 2.56 bits per heavy atom. The van der Waals surface area contributed by atoms with Gasteiger partial charge < -0.3 is 14.6 Å². The molecule has 0 radical (unpaired) electrons. The summed E-state index contributed by atoms with van der Waals surface area (Å²) < 4.78 is 11.4. The normalized spacial score (nSPS) is 31.9. The van der Waals surface area contributed by atoms with Gasteiger partial charge in [0.15, 0.2) is 0 Å². The minimum Gasteiger partial charge on any atom is -0.508 e. The van der Waals surface area contributed by atoms with Crippen molar-refractivity contribution in [3.8, 4) is 5.75 Å². The molecule has 4 rings (SSSR count). The fourth-order valence-corrected chi connectivity index (χ4v) is 7.65. The van der Waals surface area contributed by atoms with E-state index >= 15 is 0 Å². The number of aromatic hydroxyl groups is 1. The van der Waals surface area contributed by atoms with Gasteiger partial charge in [0.05, 0.1) is 6.61 Å². The molecule has 3 unspecified atom stereocenters. The molecule has 3 aliphatic carbocycles. The van der Waals surface area contributed by atoms with E-state index in [4.69, 9.17) is 9.47 Å². The highest BCUT2D eigenvalue weighted by Crippen LogP contribution is 2.62. The second-order valence-electron chi connectivity index (χ2n) is 11.7. The Balaban J connectivity index is 1.26. The van der Waals surface area contributed by atoms with Crippen LogP contribution in [-0.2, 0) is 15.9 Å². The Morgan fingerprint density at radius 1 is 1.06 bits per heavy atom. The van der Waals surface area contributed by atoms with Gasteiger partial charge in [0.2, 0.25) is 0 Å². The van der Waals surface area contributed by atoms with Crippen LogP contribution in [0.15, 0.2) is 18.2 Å². The third kappa shape index (κ3) is 5.41. The third-order valence-corrected chi connectivity index (χ3v) is 9.43. The van der Waals surface area contributed by atoms with Crippen molar-refractivity contribution in [2.24, 2.45) is 23.2 Å². The molecule has 2 fully saturated rings. The van der Waals surface area contributed by atoms with Crippen molar-refractivity contribution in [1.29, 1.82) is 0 Å². The molecule has 1 aromatic rings. The van der Waals surface area contributed by atoms with Crippen LogP contribution in [0.1, 0.15) is 115 Å². The summed E-state index contributed by atoms with van der Waals surface area (Å²) in [7, 11) is 0. The maximum atomic E-state index is 12.5. The zero-order valence-corrected chi connectivity index (χ0v) is 21.7. The highest BCUT2D eigenvalue weighted by atomic mass is 16.7. The zero-order chi connectivity index (χ0) is 24.1. The molecule has 0 amide bonds. The Kier molecular flexibility index (Phi) is 8.47. The van der Waals surface area contributed by atoms with Crippen LogP contribution in [-0.4, -0.2) is 24.0 Å². The van der Waals surface area contributed by atoms with Gasteiger partial charge >= 0.3 is 6.16 Å². The first-order valence-electron chi connectivity index (χ1n) is 14.1. The number of carbonyl (C=O) groups excluding carboxylic acids is 1. The van der Waals surface area contributed by atoms with E-state index in [1.54, 1.807) is 0 Å². The van der Waals surface area contributed by atoms with Crippen LogP contribution < -0.4 is 0 Å². The van der Waals surface area contributed by atoms with Gasteiger partial charge in [-0.1, -0.05) is 71.8 Å². The first kappa shape index (κ1) is 25.4. The SMILES string of the molecule is CCCCCCCCCCOC(=O)O[C@H]1CCC2C3C(CC[C@@]21C)c1ccc(O)cc1C[C@@H]3C. The summed E-state index contributed by atoms with van der Waals surface area (Å²) in [5.74, 6) is 2.72. The first-order valence-corrected chi connectivity index (χ1v) is 14.1. The van der Waals surface area contributed by atoms with E-state index in [1.165, 1.54) is 49.7 Å². The highest BCUT2D eigenvalue weighted by molar-refractivity contribution is 5.60. The van der Waals surface area contributed by atoms with Crippen LogP contribution in [0.25, 0.3) is 0 Å². The maximum absolute atomic E-state index is 12.5. The summed E-state index contributed by atoms with van der Waals surface area (Å²) in [6.45, 7) is 7.46. The quantitative estimate of drug-likeness (QED) is 0.277. The number of hydrogen-bond donors (Lipinski definition) is 1. The van der Waals surface area contributed by atoms with Crippen molar-refractivity contribution < 1.29 is 19.4 Å². The minimum absolute atomic E-state index is 0.0297. The molecule has 4 heteroatoms. The van der Waals surface area contributed by atoms with Gasteiger partial charge in [-0.15, -0.1) is 0 Å². The smallest absolute Gasteiger partial charge is 0.508 e. The van der Waals surface area contributed by atoms with Gasteiger partial charge in [0.25, 0.3) is 0 Å². The maximum Gasteiger partial charge on any atom is 0.508 e. The van der Waals surface area contributed by atoms with Gasteiger partial charge in [-0.25, -0.2) is 4.79 Å². The average molecular weight is 471 g/mol. The van der Waals surface area contributed by atoms with Crippen LogP contribution in [0, 0.1) is 23.2 Å². The molecule has 34 heavy (non-hydrogen) atoms. The van der Waals surface area contributed by atoms with Crippen LogP contribution in [0.3, 0.4) is 0 Å². The number of rotatable bonds is 10. The predicted molar refractivity (Wildman–Crippen MR) is 136 cm³/mol. The molecule has 1 N–H and O–H groups in total. The number of fused-ring (bicyclic) bond motifs is 5. The summed E-state index contributed by atoms with van der Waals surface area (Å²) in [6.07, 6.45) is 14.7. The van der Waals surface area contributed by atoms with E-state index in [1.807, 2.05) is 12.1 Å². The standard InChI is InChI=1S/C30H46O4/c1-4-5-6-7-8-9-10-11-18-33-29(32)34-27-15-14-26-28-21(2)19-22-20-23(31)12-13-24(22)25(28)16-17-30(26,27)3/h12-13,20-21,25-28,31H,4-11,14-19H2,1-3H3/t21-,25?,26?,27-,28?,30-/m0/s1. The molecule has 3 aliphatic rings. The van der Waals surface area contributed by atoms with Crippen molar-refractivity contribution in [2.45, 2.75) is 116 Å². The molecule has 0 saturated heterocycles. The molecule has 2 saturated carbocycles. The largest absolute Gasteiger partial charge is 0.508 e. The van der Waals surface area contributed by atoms with Crippen LogP contribution in [0.5, 0.6) is 5.75 Å². The lowest BCUT2D eigenvalue weighted by atomic mass is 9.53. The van der Waals surface area contributed by atoms with E-state index in [9.17, 15) is 9.90 Å². The Morgan fingerprint density at radius 2 is 1.79 bits per heavy atom. The molecule has 0 bridgehead atoms. The Labute approximate surface area is 206 Å². The number of unbranched alkanes of at least 4 members (excludes halogenated alkanes) is 7. The summed E-state index contributed by atoms with van der Waals surface area (Å²) in [5.41, 5.74) is 2.81. The number of hydrogen-bond acceptors (Lipinski definition) is 4. The van der Waals surface area contributed by atoms with Crippen molar-refractivity contribution in [2.75, 3.05) is 6.61 Å². The molecule has 0 aliphatic heterocycles. The van der Waals surface area contributed by atoms with Gasteiger partial charge in [-0.2, -0.15) is 0 Å². The fraction of sp³-hybridized carbons (Fsp3) is 0.767. The molecular formula is C30H46O4. The van der Waals surface area contributed by atoms with Crippen LogP contribution >= 0.6 is 0 Å². The van der Waals surface area contributed by atoms with E-state index in [0.29, 0.717) is 36.0 Å². The molecule has 0 aromatic heterocycles. The van der Waals surface area contributed by atoms with E-state index in [-0.39, 0.29) is 11.5 Å². The molecule has 6 atom stereocenters. The van der Waals surface area contributed by atoms with Gasteiger partial charge in [0, 0.05) is 5.41 Å². The fourth-order valence-electron chi connectivity index (χ4n) is 7.65. The minimum atomic E-state index is -0.463. The topological polar surface area (TPSA) is 55.8 Å². The highest BCUT2D eigenvalue weighted by Gasteiger charge is 2.57. The second-order valence-corrected chi connectivity index (χ2v) is 11.7. The second kappa shape index (κ2) is 11.4. The Bertz CT molecular complexity index is 820. The number of ether oxygens (including phenoxy) is 2. The number of benzene rings is 1.